The summed E-state index contributed by atoms with van der Waals surface area (Å²) >= 11 is 6.00. The summed E-state index contributed by atoms with van der Waals surface area (Å²) in [6.45, 7) is 0.191. The second-order valence-electron chi connectivity index (χ2n) is 7.12. The third-order valence-electron chi connectivity index (χ3n) is 5.10. The standard InChI is InChI=1S/C24H20ClN3O3/c25-23-13-22-20(14-26-23)19(24(30)28-31)12-21(27-22)18-9-7-17(8-10-18)16-5-3-15(4-6-16)2-1-11-29/h3-10,12-14,29,31H,1-2,11H2,(H,28,30). The van der Waals surface area contributed by atoms with Crippen LogP contribution in [-0.4, -0.2) is 32.8 Å². The molecule has 0 bridgehead atoms. The van der Waals surface area contributed by atoms with E-state index in [9.17, 15) is 4.79 Å². The molecule has 156 valence electrons. The highest BCUT2D eigenvalue weighted by atomic mass is 35.5. The number of nitrogens with zero attached hydrogens (tertiary/aromatic N) is 2. The van der Waals surface area contributed by atoms with Crippen LogP contribution in [-0.2, 0) is 6.42 Å². The molecular formula is C24H20ClN3O3. The van der Waals surface area contributed by atoms with Crippen LogP contribution in [0.2, 0.25) is 5.15 Å². The Morgan fingerprint density at radius 2 is 1.61 bits per heavy atom. The molecule has 7 heteroatoms. The smallest absolute Gasteiger partial charge is 0.275 e. The van der Waals surface area contributed by atoms with E-state index in [1.54, 1.807) is 17.6 Å². The molecule has 0 aliphatic heterocycles. The van der Waals surface area contributed by atoms with Crippen molar-refractivity contribution in [2.45, 2.75) is 12.8 Å². The Labute approximate surface area is 184 Å². The van der Waals surface area contributed by atoms with Crippen LogP contribution in [0.5, 0.6) is 0 Å². The van der Waals surface area contributed by atoms with Crippen LogP contribution in [0.1, 0.15) is 22.3 Å². The molecule has 3 N–H and O–H groups in total. The molecular weight excluding hydrogens is 414 g/mol. The fraction of sp³-hybridized carbons (Fsp3) is 0.125. The maximum atomic E-state index is 12.2. The van der Waals surface area contributed by atoms with Gasteiger partial charge in [0.05, 0.1) is 16.8 Å². The number of benzene rings is 2. The molecule has 4 rings (SSSR count). The first-order chi connectivity index (χ1) is 15.1. The van der Waals surface area contributed by atoms with Crippen LogP contribution in [0.25, 0.3) is 33.3 Å². The molecule has 0 aliphatic rings. The second-order valence-corrected chi connectivity index (χ2v) is 7.51. The van der Waals surface area contributed by atoms with Crippen LogP contribution in [0.3, 0.4) is 0 Å². The van der Waals surface area contributed by atoms with Gasteiger partial charge in [-0.1, -0.05) is 60.1 Å². The lowest BCUT2D eigenvalue weighted by Gasteiger charge is -2.10. The number of aliphatic hydroxyl groups excluding tert-OH is 1. The van der Waals surface area contributed by atoms with E-state index in [2.05, 4.69) is 34.2 Å². The topological polar surface area (TPSA) is 95.3 Å². The Morgan fingerprint density at radius 1 is 0.968 bits per heavy atom. The zero-order valence-electron chi connectivity index (χ0n) is 16.5. The number of hydrogen-bond donors (Lipinski definition) is 3. The van der Waals surface area contributed by atoms with Gasteiger partial charge in [0, 0.05) is 29.8 Å². The van der Waals surface area contributed by atoms with Gasteiger partial charge in [-0.25, -0.2) is 15.4 Å². The van der Waals surface area contributed by atoms with E-state index < -0.39 is 5.91 Å². The zero-order valence-corrected chi connectivity index (χ0v) is 17.3. The van der Waals surface area contributed by atoms with Crippen LogP contribution >= 0.6 is 11.6 Å². The van der Waals surface area contributed by atoms with E-state index >= 15 is 0 Å². The van der Waals surface area contributed by atoms with Crippen molar-refractivity contribution >= 4 is 28.4 Å². The fourth-order valence-electron chi connectivity index (χ4n) is 3.47. The van der Waals surface area contributed by atoms with Crippen molar-refractivity contribution in [2.24, 2.45) is 0 Å². The summed E-state index contributed by atoms with van der Waals surface area (Å²) in [5, 5.41) is 18.8. The van der Waals surface area contributed by atoms with Crippen molar-refractivity contribution in [3.05, 3.63) is 83.1 Å². The molecule has 0 unspecified atom stereocenters. The summed E-state index contributed by atoms with van der Waals surface area (Å²) in [5.41, 5.74) is 7.18. The van der Waals surface area contributed by atoms with Crippen LogP contribution in [0, 0.1) is 0 Å². The summed E-state index contributed by atoms with van der Waals surface area (Å²) in [7, 11) is 0. The van der Waals surface area contributed by atoms with Gasteiger partial charge in [-0.05, 0) is 35.6 Å². The molecule has 6 nitrogen and oxygen atoms in total. The highest BCUT2D eigenvalue weighted by molar-refractivity contribution is 6.30. The number of hydroxylamine groups is 1. The minimum absolute atomic E-state index is 0.191. The summed E-state index contributed by atoms with van der Waals surface area (Å²) in [6, 6.07) is 19.3. The molecule has 0 aliphatic carbocycles. The zero-order chi connectivity index (χ0) is 21.8. The Kier molecular flexibility index (Phi) is 6.23. The predicted octanol–water partition coefficient (Wildman–Crippen LogP) is 4.66. The molecule has 0 radical (unpaired) electrons. The van der Waals surface area contributed by atoms with Crippen LogP contribution < -0.4 is 5.48 Å². The molecule has 0 saturated heterocycles. The maximum Gasteiger partial charge on any atom is 0.275 e. The molecule has 0 fully saturated rings. The lowest BCUT2D eigenvalue weighted by molar-refractivity contribution is 0.0708. The van der Waals surface area contributed by atoms with Crippen LogP contribution in [0.15, 0.2) is 66.9 Å². The second kappa shape index (κ2) is 9.22. The van der Waals surface area contributed by atoms with Gasteiger partial charge in [0.25, 0.3) is 5.91 Å². The van der Waals surface area contributed by atoms with Gasteiger partial charge >= 0.3 is 0 Å². The van der Waals surface area contributed by atoms with Crippen molar-refractivity contribution in [3.63, 3.8) is 0 Å². The number of amides is 1. The molecule has 4 aromatic rings. The average Bonchev–Trinajstić information content (AvgIpc) is 2.81. The number of aryl methyl sites for hydroxylation is 1. The lowest BCUT2D eigenvalue weighted by atomic mass is 9.99. The van der Waals surface area contributed by atoms with Crippen molar-refractivity contribution in [1.82, 2.24) is 15.4 Å². The molecule has 2 aromatic heterocycles. The number of carbonyl (C=O) groups excluding carboxylic acids is 1. The molecule has 0 atom stereocenters. The lowest BCUT2D eigenvalue weighted by Crippen LogP contribution is -2.19. The number of aliphatic hydroxyl groups is 1. The molecule has 1 amide bonds. The van der Waals surface area contributed by atoms with E-state index in [0.717, 1.165) is 29.5 Å². The number of hydrogen-bond acceptors (Lipinski definition) is 5. The number of carbonyl (C=O) groups is 1. The van der Waals surface area contributed by atoms with E-state index in [1.807, 2.05) is 24.3 Å². The highest BCUT2D eigenvalue weighted by Crippen LogP contribution is 2.28. The van der Waals surface area contributed by atoms with Crippen molar-refractivity contribution < 1.29 is 15.1 Å². The maximum absolute atomic E-state index is 12.2. The number of rotatable bonds is 6. The Bertz CT molecular complexity index is 1230. The van der Waals surface area contributed by atoms with Gasteiger partial charge in [-0.15, -0.1) is 0 Å². The van der Waals surface area contributed by atoms with E-state index in [1.165, 1.54) is 11.8 Å². The molecule has 31 heavy (non-hydrogen) atoms. The minimum Gasteiger partial charge on any atom is -0.396 e. The van der Waals surface area contributed by atoms with Crippen molar-refractivity contribution in [1.29, 1.82) is 0 Å². The quantitative estimate of drug-likeness (QED) is 0.233. The number of nitrogens with one attached hydrogen (secondary N) is 1. The van der Waals surface area contributed by atoms with E-state index in [-0.39, 0.29) is 17.3 Å². The molecule has 2 heterocycles. The molecule has 0 saturated carbocycles. The van der Waals surface area contributed by atoms with E-state index in [0.29, 0.717) is 16.6 Å². The predicted molar refractivity (Wildman–Crippen MR) is 120 cm³/mol. The Balaban J connectivity index is 1.68. The first-order valence-electron chi connectivity index (χ1n) is 9.80. The van der Waals surface area contributed by atoms with Gasteiger partial charge in [0.2, 0.25) is 0 Å². The van der Waals surface area contributed by atoms with Crippen LogP contribution in [0.4, 0.5) is 0 Å². The van der Waals surface area contributed by atoms with Gasteiger partial charge < -0.3 is 5.11 Å². The number of fused-ring (bicyclic) bond motifs is 1. The third-order valence-corrected chi connectivity index (χ3v) is 5.31. The Morgan fingerprint density at radius 3 is 2.26 bits per heavy atom. The SMILES string of the molecule is O=C(NO)c1cc(-c2ccc(-c3ccc(CCCO)cc3)cc2)nc2cc(Cl)ncc12. The number of halogens is 1. The largest absolute Gasteiger partial charge is 0.396 e. The fourth-order valence-corrected chi connectivity index (χ4v) is 3.63. The summed E-state index contributed by atoms with van der Waals surface area (Å²) in [6.07, 6.45) is 3.07. The highest BCUT2D eigenvalue weighted by Gasteiger charge is 2.14. The van der Waals surface area contributed by atoms with E-state index in [4.69, 9.17) is 21.9 Å². The average molecular weight is 434 g/mol. The summed E-state index contributed by atoms with van der Waals surface area (Å²) in [4.78, 5) is 20.8. The first kappa shape index (κ1) is 20.9. The number of aromatic nitrogens is 2. The van der Waals surface area contributed by atoms with Crippen molar-refractivity contribution in [3.8, 4) is 22.4 Å². The summed E-state index contributed by atoms with van der Waals surface area (Å²) < 4.78 is 0. The van der Waals surface area contributed by atoms with Crippen molar-refractivity contribution in [2.75, 3.05) is 6.61 Å². The monoisotopic (exact) mass is 433 g/mol. The number of pyridine rings is 2. The first-order valence-corrected chi connectivity index (χ1v) is 10.2. The van der Waals surface area contributed by atoms with Gasteiger partial charge in [-0.3, -0.25) is 10.0 Å². The van der Waals surface area contributed by atoms with Gasteiger partial charge in [0.1, 0.15) is 5.15 Å². The molecule has 2 aromatic carbocycles. The molecule has 0 spiro atoms. The summed E-state index contributed by atoms with van der Waals surface area (Å²) in [5.74, 6) is -0.643. The Hall–Kier alpha value is -3.32. The third kappa shape index (κ3) is 4.56. The normalized spacial score (nSPS) is 10.9. The van der Waals surface area contributed by atoms with Gasteiger partial charge in [-0.2, -0.15) is 0 Å². The minimum atomic E-state index is -0.643. The van der Waals surface area contributed by atoms with Gasteiger partial charge in [0.15, 0.2) is 0 Å².